The van der Waals surface area contributed by atoms with E-state index in [1.54, 1.807) is 36.4 Å². The summed E-state index contributed by atoms with van der Waals surface area (Å²) < 4.78 is 12.2. The lowest BCUT2D eigenvalue weighted by Crippen LogP contribution is -2.28. The third-order valence-corrected chi connectivity index (χ3v) is 5.44. The highest BCUT2D eigenvalue weighted by Gasteiger charge is 2.30. The molecular formula is C22H20Br2N2O6. The number of methoxy groups -OCH3 is 1. The van der Waals surface area contributed by atoms with Gasteiger partial charge in [0, 0.05) is 28.9 Å². The Morgan fingerprint density at radius 3 is 2.53 bits per heavy atom. The minimum atomic E-state index is -1.07. The second kappa shape index (κ2) is 12.2. The zero-order chi connectivity index (χ0) is 23.7. The maximum Gasteiger partial charge on any atom is 0.412 e. The van der Waals surface area contributed by atoms with Gasteiger partial charge in [0.2, 0.25) is 0 Å². The summed E-state index contributed by atoms with van der Waals surface area (Å²) in [6.07, 6.45) is 0.666. The number of rotatable bonds is 9. The van der Waals surface area contributed by atoms with Crippen molar-refractivity contribution >= 4 is 49.6 Å². The lowest BCUT2D eigenvalue weighted by Gasteiger charge is -2.27. The molecule has 1 amide bonds. The number of aromatic hydroxyl groups is 1. The number of allylic oxidation sites excluding steroid dienone is 1. The number of carbonyl (C=O) groups is 2. The molecule has 168 valence electrons. The van der Waals surface area contributed by atoms with E-state index in [-0.39, 0.29) is 5.75 Å². The number of benzene rings is 2. The summed E-state index contributed by atoms with van der Waals surface area (Å²) >= 11 is 6.63. The van der Waals surface area contributed by atoms with Gasteiger partial charge in [-0.15, -0.1) is 0 Å². The quantitative estimate of drug-likeness (QED) is 0.340. The summed E-state index contributed by atoms with van der Waals surface area (Å²) in [6.45, 7) is 0. The first-order chi connectivity index (χ1) is 15.2. The van der Waals surface area contributed by atoms with Gasteiger partial charge < -0.3 is 19.7 Å². The summed E-state index contributed by atoms with van der Waals surface area (Å²) in [4.78, 5) is 23.3. The first-order valence-corrected chi connectivity index (χ1v) is 10.9. The largest absolute Gasteiger partial charge is 0.506 e. The first-order valence-electron chi connectivity index (χ1n) is 9.33. The molecule has 0 aliphatic carbocycles. The Morgan fingerprint density at radius 1 is 1.25 bits per heavy atom. The van der Waals surface area contributed by atoms with Crippen LogP contribution in [0.2, 0.25) is 0 Å². The normalized spacial score (nSPS) is 12.7. The monoisotopic (exact) mass is 566 g/mol. The number of phenols is 1. The van der Waals surface area contributed by atoms with Crippen molar-refractivity contribution in [2.75, 3.05) is 12.4 Å². The topological polar surface area (TPSA) is 129 Å². The first kappa shape index (κ1) is 25.4. The van der Waals surface area contributed by atoms with Crippen molar-refractivity contribution in [2.24, 2.45) is 0 Å². The van der Waals surface area contributed by atoms with Crippen molar-refractivity contribution in [3.8, 4) is 11.8 Å². The Labute approximate surface area is 201 Å². The molecule has 0 bridgehead atoms. The molecule has 0 saturated carbocycles. The van der Waals surface area contributed by atoms with Gasteiger partial charge in [-0.25, -0.2) is 9.59 Å². The van der Waals surface area contributed by atoms with Crippen molar-refractivity contribution in [3.63, 3.8) is 0 Å². The van der Waals surface area contributed by atoms with Crippen molar-refractivity contribution in [3.05, 3.63) is 68.6 Å². The fourth-order valence-electron chi connectivity index (χ4n) is 2.87. The average Bonchev–Trinajstić information content (AvgIpc) is 2.75. The van der Waals surface area contributed by atoms with Crippen LogP contribution >= 0.6 is 31.9 Å². The number of nitrogens with zero attached hydrogens (tertiary/aromatic N) is 1. The second-order valence-electron chi connectivity index (χ2n) is 6.56. The molecule has 0 saturated heterocycles. The van der Waals surface area contributed by atoms with Crippen LogP contribution in [0.1, 0.15) is 30.1 Å². The van der Waals surface area contributed by atoms with Crippen LogP contribution in [0, 0.1) is 11.3 Å². The van der Waals surface area contributed by atoms with E-state index in [0.717, 1.165) is 6.08 Å². The number of phenolic OH excluding ortho intramolecular Hbond substituents is 1. The Hall–Kier alpha value is -2.87. The molecule has 2 aromatic carbocycles. The van der Waals surface area contributed by atoms with Crippen molar-refractivity contribution in [1.82, 2.24) is 0 Å². The third kappa shape index (κ3) is 7.37. The summed E-state index contributed by atoms with van der Waals surface area (Å²) in [5, 5.41) is 30.8. The van der Waals surface area contributed by atoms with E-state index in [4.69, 9.17) is 19.8 Å². The Balaban J connectivity index is 2.29. The number of hydrogen-bond donors (Lipinski definition) is 3. The van der Waals surface area contributed by atoms with Crippen molar-refractivity contribution < 1.29 is 29.3 Å². The molecule has 2 atom stereocenters. The number of hydrogen-bond acceptors (Lipinski definition) is 6. The number of carbonyl (C=O) groups excluding carboxylic acids is 1. The van der Waals surface area contributed by atoms with Crippen molar-refractivity contribution in [2.45, 2.75) is 25.0 Å². The number of aliphatic carboxylic acids is 1. The van der Waals surface area contributed by atoms with E-state index < -0.39 is 24.3 Å². The van der Waals surface area contributed by atoms with Gasteiger partial charge in [0.05, 0.1) is 22.2 Å². The van der Waals surface area contributed by atoms with Gasteiger partial charge in [0.1, 0.15) is 5.75 Å². The number of nitriles is 1. The molecule has 8 nitrogen and oxygen atoms in total. The lowest BCUT2D eigenvalue weighted by atomic mass is 9.99. The van der Waals surface area contributed by atoms with Crippen LogP contribution in [0.3, 0.4) is 0 Å². The summed E-state index contributed by atoms with van der Waals surface area (Å²) in [7, 11) is 1.44. The Morgan fingerprint density at radius 2 is 1.94 bits per heavy atom. The van der Waals surface area contributed by atoms with E-state index in [0.29, 0.717) is 38.6 Å². The SMILES string of the molecule is CO[C@H](CC/C=C/C(=O)O)[C@H](OC(=O)Nc1ccc(C#N)cc1)c1cc(Br)cc(Br)c1O. The fourth-order valence-corrected chi connectivity index (χ4v) is 4.13. The van der Waals surface area contributed by atoms with Crippen LogP contribution in [-0.4, -0.2) is 35.5 Å². The smallest absolute Gasteiger partial charge is 0.412 e. The van der Waals surface area contributed by atoms with E-state index in [1.807, 2.05) is 6.07 Å². The molecule has 0 aromatic heterocycles. The maximum atomic E-state index is 12.6. The van der Waals surface area contributed by atoms with Crippen LogP contribution in [-0.2, 0) is 14.3 Å². The molecular weight excluding hydrogens is 548 g/mol. The number of ether oxygens (including phenoxy) is 2. The fraction of sp³-hybridized carbons (Fsp3) is 0.227. The number of amides is 1. The number of halogens is 2. The highest BCUT2D eigenvalue weighted by Crippen LogP contribution is 2.39. The van der Waals surface area contributed by atoms with Gasteiger partial charge in [-0.3, -0.25) is 5.32 Å². The molecule has 2 rings (SSSR count). The number of anilines is 1. The predicted octanol–water partition coefficient (Wildman–Crippen LogP) is 5.51. The minimum absolute atomic E-state index is 0.118. The molecule has 0 fully saturated rings. The molecule has 0 spiro atoms. The second-order valence-corrected chi connectivity index (χ2v) is 8.33. The number of carboxylic acid groups (broad SMARTS) is 1. The highest BCUT2D eigenvalue weighted by atomic mass is 79.9. The van der Waals surface area contributed by atoms with Gasteiger partial charge in [-0.05, 0) is 65.2 Å². The van der Waals surface area contributed by atoms with Crippen LogP contribution < -0.4 is 5.32 Å². The molecule has 0 heterocycles. The third-order valence-electron chi connectivity index (χ3n) is 4.38. The number of carboxylic acids is 1. The van der Waals surface area contributed by atoms with Gasteiger partial charge >= 0.3 is 12.1 Å². The lowest BCUT2D eigenvalue weighted by molar-refractivity contribution is -0.131. The summed E-state index contributed by atoms with van der Waals surface area (Å²) in [6, 6.07) is 11.5. The van der Waals surface area contributed by atoms with E-state index in [1.165, 1.54) is 13.2 Å². The van der Waals surface area contributed by atoms with Crippen LogP contribution in [0.4, 0.5) is 10.5 Å². The zero-order valence-electron chi connectivity index (χ0n) is 16.9. The van der Waals surface area contributed by atoms with Crippen molar-refractivity contribution in [1.29, 1.82) is 5.26 Å². The average molecular weight is 568 g/mol. The van der Waals surface area contributed by atoms with Crippen LogP contribution in [0.25, 0.3) is 0 Å². The molecule has 0 unspecified atom stereocenters. The summed E-state index contributed by atoms with van der Waals surface area (Å²) in [5.74, 6) is -1.19. The van der Waals surface area contributed by atoms with Crippen LogP contribution in [0.15, 0.2) is 57.5 Å². The molecule has 0 aliphatic rings. The van der Waals surface area contributed by atoms with E-state index in [9.17, 15) is 14.7 Å². The Kier molecular flexibility index (Phi) is 9.71. The molecule has 0 radical (unpaired) electrons. The van der Waals surface area contributed by atoms with Crippen LogP contribution in [0.5, 0.6) is 5.75 Å². The highest BCUT2D eigenvalue weighted by molar-refractivity contribution is 9.11. The Bertz CT molecular complexity index is 1030. The summed E-state index contributed by atoms with van der Waals surface area (Å²) in [5.41, 5.74) is 1.17. The molecule has 10 heteroatoms. The molecule has 0 aliphatic heterocycles. The maximum absolute atomic E-state index is 12.6. The van der Waals surface area contributed by atoms with Gasteiger partial charge in [0.15, 0.2) is 6.10 Å². The van der Waals surface area contributed by atoms with E-state index in [2.05, 4.69) is 37.2 Å². The molecule has 2 aromatic rings. The van der Waals surface area contributed by atoms with E-state index >= 15 is 0 Å². The zero-order valence-corrected chi connectivity index (χ0v) is 20.1. The number of nitrogens with one attached hydrogen (secondary N) is 1. The van der Waals surface area contributed by atoms with Gasteiger partial charge in [-0.2, -0.15) is 5.26 Å². The minimum Gasteiger partial charge on any atom is -0.506 e. The standard InChI is InChI=1S/C22H20Br2N2O6/c1-31-18(4-2-3-5-19(27)28)21(16-10-14(23)11-17(24)20(16)29)32-22(30)26-15-8-6-13(12-25)7-9-15/h3,5-11,18,21,29H,2,4H2,1H3,(H,26,30)(H,27,28)/b5-3+/t18-,21-/m1/s1. The van der Waals surface area contributed by atoms with Gasteiger partial charge in [0.25, 0.3) is 0 Å². The molecule has 32 heavy (non-hydrogen) atoms. The predicted molar refractivity (Wildman–Crippen MR) is 124 cm³/mol. The van der Waals surface area contributed by atoms with Gasteiger partial charge in [-0.1, -0.05) is 22.0 Å². The molecule has 3 N–H and O–H groups in total.